The molecule has 1 heterocycles. The van der Waals surface area contributed by atoms with Gasteiger partial charge in [-0.2, -0.15) is 0 Å². The number of amides is 2. The monoisotopic (exact) mass is 256 g/mol. The third-order valence-electron chi connectivity index (χ3n) is 3.60. The molecule has 0 aromatic heterocycles. The van der Waals surface area contributed by atoms with Gasteiger partial charge in [0, 0.05) is 13.1 Å². The number of nitrogens with one attached hydrogen (secondary N) is 1. The van der Waals surface area contributed by atoms with Crippen LogP contribution >= 0.6 is 0 Å². The van der Waals surface area contributed by atoms with Gasteiger partial charge in [0.05, 0.1) is 0 Å². The highest BCUT2D eigenvalue weighted by molar-refractivity contribution is 5.82. The molecular formula is C13H24N2O3. The van der Waals surface area contributed by atoms with Crippen LogP contribution in [0, 0.1) is 5.92 Å². The Balaban J connectivity index is 2.38. The van der Waals surface area contributed by atoms with Crippen molar-refractivity contribution in [2.45, 2.75) is 52.0 Å². The fraction of sp³-hybridized carbons (Fsp3) is 0.846. The molecular weight excluding hydrogens is 232 g/mol. The summed E-state index contributed by atoms with van der Waals surface area (Å²) in [5, 5.41) is 11.5. The summed E-state index contributed by atoms with van der Waals surface area (Å²) in [5.74, 6) is -0.243. The number of nitrogens with zero attached hydrogens (tertiary/aromatic N) is 1. The Morgan fingerprint density at radius 3 is 2.39 bits per heavy atom. The average Bonchev–Trinajstić information content (AvgIpc) is 2.36. The molecule has 1 fully saturated rings. The van der Waals surface area contributed by atoms with Crippen molar-refractivity contribution in [1.82, 2.24) is 10.2 Å². The Hall–Kier alpha value is -1.26. The molecule has 1 saturated heterocycles. The van der Waals surface area contributed by atoms with E-state index in [-0.39, 0.29) is 6.03 Å². The second-order valence-electron chi connectivity index (χ2n) is 4.97. The Morgan fingerprint density at radius 1 is 1.33 bits per heavy atom. The van der Waals surface area contributed by atoms with Crippen LogP contribution < -0.4 is 5.32 Å². The number of piperidine rings is 1. The molecule has 0 bridgehead atoms. The van der Waals surface area contributed by atoms with Crippen molar-refractivity contribution in [3.8, 4) is 0 Å². The van der Waals surface area contributed by atoms with E-state index in [1.807, 2.05) is 0 Å². The Kier molecular flexibility index (Phi) is 5.95. The van der Waals surface area contributed by atoms with Gasteiger partial charge in [-0.3, -0.25) is 0 Å². The summed E-state index contributed by atoms with van der Waals surface area (Å²) in [6.07, 6.45) is 4.89. The lowest BCUT2D eigenvalue weighted by molar-refractivity contribution is -0.139. The van der Waals surface area contributed by atoms with Crippen molar-refractivity contribution in [3.63, 3.8) is 0 Å². The highest BCUT2D eigenvalue weighted by Crippen LogP contribution is 2.21. The molecule has 1 aliphatic rings. The first-order valence-corrected chi connectivity index (χ1v) is 6.86. The van der Waals surface area contributed by atoms with Crippen molar-refractivity contribution in [1.29, 1.82) is 0 Å². The number of likely N-dealkylation sites (tertiary alicyclic amines) is 1. The Bertz CT molecular complexity index is 286. The minimum atomic E-state index is -0.966. The number of carboxylic acid groups (broad SMARTS) is 1. The zero-order chi connectivity index (χ0) is 13.5. The largest absolute Gasteiger partial charge is 0.480 e. The van der Waals surface area contributed by atoms with Crippen molar-refractivity contribution in [3.05, 3.63) is 0 Å². The second-order valence-corrected chi connectivity index (χ2v) is 4.97. The fourth-order valence-electron chi connectivity index (χ4n) is 2.41. The summed E-state index contributed by atoms with van der Waals surface area (Å²) in [4.78, 5) is 24.5. The van der Waals surface area contributed by atoms with E-state index in [1.54, 1.807) is 11.8 Å². The molecule has 104 valence electrons. The molecule has 18 heavy (non-hydrogen) atoms. The maximum Gasteiger partial charge on any atom is 0.326 e. The average molecular weight is 256 g/mol. The molecule has 0 unspecified atom stereocenters. The number of rotatable bonds is 5. The van der Waals surface area contributed by atoms with Gasteiger partial charge in [0.2, 0.25) is 0 Å². The third kappa shape index (κ3) is 4.20. The summed E-state index contributed by atoms with van der Waals surface area (Å²) in [6.45, 7) is 5.42. The Labute approximate surface area is 109 Å². The van der Waals surface area contributed by atoms with Gasteiger partial charge in [-0.1, -0.05) is 26.7 Å². The summed E-state index contributed by atoms with van der Waals surface area (Å²) in [7, 11) is 0. The van der Waals surface area contributed by atoms with E-state index in [1.165, 1.54) is 12.8 Å². The molecule has 5 nitrogen and oxygen atoms in total. The van der Waals surface area contributed by atoms with E-state index in [0.29, 0.717) is 6.42 Å². The number of urea groups is 1. The molecule has 0 aromatic carbocycles. The van der Waals surface area contributed by atoms with Gasteiger partial charge in [-0.25, -0.2) is 9.59 Å². The van der Waals surface area contributed by atoms with Crippen LogP contribution in [0.15, 0.2) is 0 Å². The van der Waals surface area contributed by atoms with Gasteiger partial charge in [0.15, 0.2) is 0 Å². The molecule has 1 atom stereocenters. The van der Waals surface area contributed by atoms with Crippen LogP contribution in [0.4, 0.5) is 4.79 Å². The molecule has 1 aliphatic heterocycles. The van der Waals surface area contributed by atoms with Crippen LogP contribution in [-0.2, 0) is 4.79 Å². The molecule has 0 spiro atoms. The molecule has 2 N–H and O–H groups in total. The van der Waals surface area contributed by atoms with Crippen molar-refractivity contribution < 1.29 is 14.7 Å². The predicted octanol–water partition coefficient (Wildman–Crippen LogP) is 2.07. The minimum absolute atomic E-state index is 0.237. The number of hydrogen-bond donors (Lipinski definition) is 2. The zero-order valence-corrected chi connectivity index (χ0v) is 11.3. The quantitative estimate of drug-likeness (QED) is 0.791. The van der Waals surface area contributed by atoms with Gasteiger partial charge in [-0.15, -0.1) is 0 Å². The fourth-order valence-corrected chi connectivity index (χ4v) is 2.41. The van der Waals surface area contributed by atoms with Gasteiger partial charge >= 0.3 is 12.0 Å². The lowest BCUT2D eigenvalue weighted by Gasteiger charge is -2.32. The van der Waals surface area contributed by atoms with Crippen LogP contribution in [0.3, 0.4) is 0 Å². The first-order chi connectivity index (χ1) is 8.58. The van der Waals surface area contributed by atoms with Crippen molar-refractivity contribution in [2.24, 2.45) is 5.92 Å². The van der Waals surface area contributed by atoms with E-state index < -0.39 is 12.0 Å². The molecule has 1 rings (SSSR count). The van der Waals surface area contributed by atoms with Crippen LogP contribution in [0.5, 0.6) is 0 Å². The smallest absolute Gasteiger partial charge is 0.326 e. The van der Waals surface area contributed by atoms with Gasteiger partial charge in [0.1, 0.15) is 6.04 Å². The number of carboxylic acids is 1. The lowest BCUT2D eigenvalue weighted by Crippen LogP contribution is -2.50. The second kappa shape index (κ2) is 7.24. The summed E-state index contributed by atoms with van der Waals surface area (Å²) >= 11 is 0. The van der Waals surface area contributed by atoms with Crippen molar-refractivity contribution >= 4 is 12.0 Å². The maximum atomic E-state index is 11.9. The highest BCUT2D eigenvalue weighted by Gasteiger charge is 2.25. The SMILES string of the molecule is CCCC1CCN(C(=O)N[C@@H](CC)C(=O)O)CC1. The van der Waals surface area contributed by atoms with Gasteiger partial charge in [0.25, 0.3) is 0 Å². The first kappa shape index (κ1) is 14.8. The van der Waals surface area contributed by atoms with Gasteiger partial charge < -0.3 is 15.3 Å². The maximum absolute atomic E-state index is 11.9. The van der Waals surface area contributed by atoms with E-state index in [0.717, 1.165) is 31.8 Å². The van der Waals surface area contributed by atoms with Gasteiger partial charge in [-0.05, 0) is 25.2 Å². The van der Waals surface area contributed by atoms with E-state index in [9.17, 15) is 9.59 Å². The summed E-state index contributed by atoms with van der Waals surface area (Å²) in [6, 6.07) is -1.01. The van der Waals surface area contributed by atoms with Crippen LogP contribution in [0.1, 0.15) is 46.0 Å². The van der Waals surface area contributed by atoms with Crippen LogP contribution in [-0.4, -0.2) is 41.1 Å². The molecule has 2 amide bonds. The predicted molar refractivity (Wildman–Crippen MR) is 69.5 cm³/mol. The minimum Gasteiger partial charge on any atom is -0.480 e. The normalized spacial score (nSPS) is 18.4. The van der Waals surface area contributed by atoms with Crippen LogP contribution in [0.2, 0.25) is 0 Å². The van der Waals surface area contributed by atoms with Crippen molar-refractivity contribution in [2.75, 3.05) is 13.1 Å². The number of carbonyl (C=O) groups excluding carboxylic acids is 1. The first-order valence-electron chi connectivity index (χ1n) is 6.86. The molecule has 0 saturated carbocycles. The summed E-state index contributed by atoms with van der Waals surface area (Å²) < 4.78 is 0. The molecule has 0 aromatic rings. The molecule has 0 aliphatic carbocycles. The van der Waals surface area contributed by atoms with Crippen LogP contribution in [0.25, 0.3) is 0 Å². The standard InChI is InChI=1S/C13H24N2O3/c1-3-5-10-6-8-15(9-7-10)13(18)14-11(4-2)12(16)17/h10-11H,3-9H2,1-2H3,(H,14,18)(H,16,17)/t11-/m0/s1. The zero-order valence-electron chi connectivity index (χ0n) is 11.3. The highest BCUT2D eigenvalue weighted by atomic mass is 16.4. The Morgan fingerprint density at radius 2 is 1.94 bits per heavy atom. The third-order valence-corrected chi connectivity index (χ3v) is 3.60. The summed E-state index contributed by atoms with van der Waals surface area (Å²) in [5.41, 5.74) is 0. The number of aliphatic carboxylic acids is 1. The molecule has 0 radical (unpaired) electrons. The number of carbonyl (C=O) groups is 2. The number of hydrogen-bond acceptors (Lipinski definition) is 2. The van der Waals surface area contributed by atoms with E-state index in [2.05, 4.69) is 12.2 Å². The lowest BCUT2D eigenvalue weighted by atomic mass is 9.93. The molecule has 5 heteroatoms. The van der Waals surface area contributed by atoms with E-state index >= 15 is 0 Å². The van der Waals surface area contributed by atoms with E-state index in [4.69, 9.17) is 5.11 Å². The topological polar surface area (TPSA) is 69.6 Å².